The summed E-state index contributed by atoms with van der Waals surface area (Å²) in [5.41, 5.74) is 1.24. The molecule has 1 aromatic heterocycles. The lowest BCUT2D eigenvalue weighted by molar-refractivity contribution is 0.475. The number of hydrogen-bond donors (Lipinski definition) is 2. The number of phenolic OH excluding ortho intramolecular Hbond substituents is 1. The average molecular weight is 313 g/mol. The Morgan fingerprint density at radius 1 is 1.18 bits per heavy atom. The van der Waals surface area contributed by atoms with Crippen LogP contribution in [-0.4, -0.2) is 14.9 Å². The monoisotopic (exact) mass is 312 g/mol. The van der Waals surface area contributed by atoms with Crippen molar-refractivity contribution in [3.05, 3.63) is 80.0 Å². The molecule has 0 amide bonds. The summed E-state index contributed by atoms with van der Waals surface area (Å²) in [5.74, 6) is 0.178. The number of hydrogen-bond acceptors (Lipinski definition) is 2. The number of H-pyrrole nitrogens is 1. The second-order valence-electron chi connectivity index (χ2n) is 4.86. The summed E-state index contributed by atoms with van der Waals surface area (Å²) < 4.78 is 1.40. The van der Waals surface area contributed by atoms with Gasteiger partial charge in [-0.2, -0.15) is 0 Å². The van der Waals surface area contributed by atoms with Gasteiger partial charge in [0.1, 0.15) is 5.75 Å². The summed E-state index contributed by atoms with van der Waals surface area (Å²) in [6.45, 7) is 3.87. The highest BCUT2D eigenvalue weighted by atomic mass is 35.5. The third kappa shape index (κ3) is 2.69. The minimum Gasteiger partial charge on any atom is -0.508 e. The summed E-state index contributed by atoms with van der Waals surface area (Å²) in [4.78, 5) is 12.5. The molecule has 110 valence electrons. The molecule has 0 unspecified atom stereocenters. The van der Waals surface area contributed by atoms with Gasteiger partial charge in [0.15, 0.2) is 0 Å². The molecule has 0 saturated carbocycles. The van der Waals surface area contributed by atoms with Gasteiger partial charge in [0.2, 0.25) is 0 Å². The molecule has 3 rings (SSSR count). The van der Waals surface area contributed by atoms with Gasteiger partial charge in [0.25, 0.3) is 5.56 Å². The molecule has 0 radical (unpaired) electrons. The van der Waals surface area contributed by atoms with Crippen molar-refractivity contribution in [3.63, 3.8) is 0 Å². The van der Waals surface area contributed by atoms with Crippen molar-refractivity contribution >= 4 is 24.3 Å². The SMILES string of the molecule is C=c1[nH]n(-c2cccc(Cl)c2)c(=O)/c1=C/c1ccc(O)cc1. The highest BCUT2D eigenvalue weighted by Gasteiger charge is 2.05. The van der Waals surface area contributed by atoms with Crippen molar-refractivity contribution in [1.82, 2.24) is 9.78 Å². The summed E-state index contributed by atoms with van der Waals surface area (Å²) in [6.07, 6.45) is 1.72. The fourth-order valence-corrected chi connectivity index (χ4v) is 2.36. The van der Waals surface area contributed by atoms with Crippen LogP contribution in [-0.2, 0) is 0 Å². The van der Waals surface area contributed by atoms with Crippen molar-refractivity contribution in [3.8, 4) is 11.4 Å². The van der Waals surface area contributed by atoms with Gasteiger partial charge >= 0.3 is 0 Å². The van der Waals surface area contributed by atoms with Crippen molar-refractivity contribution in [2.45, 2.75) is 0 Å². The normalized spacial score (nSPS) is 11.8. The van der Waals surface area contributed by atoms with Crippen LogP contribution < -0.4 is 16.1 Å². The molecule has 2 N–H and O–H groups in total. The maximum atomic E-state index is 12.5. The first-order valence-corrected chi connectivity index (χ1v) is 6.99. The van der Waals surface area contributed by atoms with Gasteiger partial charge in [-0.1, -0.05) is 36.4 Å². The van der Waals surface area contributed by atoms with Crippen LogP contribution in [0.5, 0.6) is 5.75 Å². The first-order chi connectivity index (χ1) is 10.5. The van der Waals surface area contributed by atoms with Crippen LogP contribution in [0.2, 0.25) is 5.02 Å². The van der Waals surface area contributed by atoms with Crippen molar-refractivity contribution in [1.29, 1.82) is 0 Å². The Hall–Kier alpha value is -2.72. The third-order valence-electron chi connectivity index (χ3n) is 3.28. The molecular weight excluding hydrogens is 300 g/mol. The number of phenols is 1. The fourth-order valence-electron chi connectivity index (χ4n) is 2.18. The number of nitrogens with zero attached hydrogens (tertiary/aromatic N) is 1. The zero-order chi connectivity index (χ0) is 15.7. The number of rotatable bonds is 2. The van der Waals surface area contributed by atoms with Crippen LogP contribution >= 0.6 is 11.6 Å². The molecule has 5 heteroatoms. The van der Waals surface area contributed by atoms with E-state index >= 15 is 0 Å². The van der Waals surface area contributed by atoms with E-state index in [1.165, 1.54) is 4.68 Å². The minimum atomic E-state index is -0.208. The zero-order valence-corrected chi connectivity index (χ0v) is 12.3. The van der Waals surface area contributed by atoms with Crippen LogP contribution in [0.3, 0.4) is 0 Å². The number of aromatic nitrogens is 2. The highest BCUT2D eigenvalue weighted by Crippen LogP contribution is 2.12. The quantitative estimate of drug-likeness (QED) is 0.757. The number of nitrogens with one attached hydrogen (secondary N) is 1. The third-order valence-corrected chi connectivity index (χ3v) is 3.51. The molecule has 22 heavy (non-hydrogen) atoms. The van der Waals surface area contributed by atoms with Crippen molar-refractivity contribution in [2.75, 3.05) is 0 Å². The van der Waals surface area contributed by atoms with Crippen molar-refractivity contribution in [2.24, 2.45) is 0 Å². The van der Waals surface area contributed by atoms with Crippen molar-refractivity contribution < 1.29 is 5.11 Å². The average Bonchev–Trinajstić information content (AvgIpc) is 2.77. The van der Waals surface area contributed by atoms with Gasteiger partial charge < -0.3 is 5.11 Å². The molecular formula is C17H13ClN2O2. The second-order valence-corrected chi connectivity index (χ2v) is 5.30. The molecule has 0 aliphatic rings. The molecule has 0 aliphatic heterocycles. The van der Waals surface area contributed by atoms with E-state index in [0.717, 1.165) is 5.56 Å². The molecule has 0 aliphatic carbocycles. The van der Waals surface area contributed by atoms with Crippen LogP contribution in [0.1, 0.15) is 5.56 Å². The van der Waals surface area contributed by atoms with Gasteiger partial charge in [0.05, 0.1) is 16.3 Å². The number of aromatic hydroxyl groups is 1. The predicted octanol–water partition coefficient (Wildman–Crippen LogP) is 1.76. The van der Waals surface area contributed by atoms with Crippen LogP contribution in [0.25, 0.3) is 18.3 Å². The zero-order valence-electron chi connectivity index (χ0n) is 11.6. The Labute approximate surface area is 131 Å². The van der Waals surface area contributed by atoms with E-state index in [9.17, 15) is 9.90 Å². The van der Waals surface area contributed by atoms with Crippen LogP contribution in [0, 0.1) is 0 Å². The first kappa shape index (κ1) is 14.2. The number of aromatic amines is 1. The van der Waals surface area contributed by atoms with Gasteiger partial charge in [-0.15, -0.1) is 0 Å². The molecule has 3 aromatic rings. The standard InChI is InChI=1S/C17H13ClN2O2/c1-11-16(9-12-5-7-15(21)8-6-12)17(22)20(19-11)14-4-2-3-13(18)10-14/h2-10,19,21H,1H2/b16-9+. The molecule has 0 saturated heterocycles. The molecule has 0 fully saturated rings. The second kappa shape index (κ2) is 5.58. The Balaban J connectivity index is 2.17. The first-order valence-electron chi connectivity index (χ1n) is 6.61. The lowest BCUT2D eigenvalue weighted by Crippen LogP contribution is -2.33. The maximum absolute atomic E-state index is 12.5. The summed E-state index contributed by atoms with van der Waals surface area (Å²) in [7, 11) is 0. The summed E-state index contributed by atoms with van der Waals surface area (Å²) in [6, 6.07) is 13.6. The Morgan fingerprint density at radius 2 is 1.91 bits per heavy atom. The predicted molar refractivity (Wildman–Crippen MR) is 87.8 cm³/mol. The van der Waals surface area contributed by atoms with E-state index in [2.05, 4.69) is 11.7 Å². The number of halogens is 1. The number of benzene rings is 2. The van der Waals surface area contributed by atoms with E-state index in [0.29, 0.717) is 21.3 Å². The van der Waals surface area contributed by atoms with Crippen LogP contribution in [0.4, 0.5) is 0 Å². The van der Waals surface area contributed by atoms with Gasteiger partial charge in [-0.3, -0.25) is 9.89 Å². The van der Waals surface area contributed by atoms with E-state index in [4.69, 9.17) is 11.6 Å². The van der Waals surface area contributed by atoms with E-state index in [-0.39, 0.29) is 11.3 Å². The molecule has 2 aromatic carbocycles. The molecule has 1 heterocycles. The lowest BCUT2D eigenvalue weighted by Gasteiger charge is -2.00. The Kier molecular flexibility index (Phi) is 3.61. The molecule has 0 spiro atoms. The van der Waals surface area contributed by atoms with E-state index in [1.807, 2.05) is 0 Å². The van der Waals surface area contributed by atoms with Gasteiger partial charge in [0, 0.05) is 5.02 Å². The Morgan fingerprint density at radius 3 is 2.59 bits per heavy atom. The molecule has 4 nitrogen and oxygen atoms in total. The van der Waals surface area contributed by atoms with E-state index in [1.54, 1.807) is 54.6 Å². The summed E-state index contributed by atoms with van der Waals surface area (Å²) in [5, 5.41) is 13.8. The Bertz CT molecular complexity index is 985. The van der Waals surface area contributed by atoms with Crippen LogP contribution in [0.15, 0.2) is 53.3 Å². The molecule has 0 bridgehead atoms. The molecule has 0 atom stereocenters. The van der Waals surface area contributed by atoms with Gasteiger partial charge in [-0.05, 0) is 42.0 Å². The van der Waals surface area contributed by atoms with E-state index < -0.39 is 0 Å². The fraction of sp³-hybridized carbons (Fsp3) is 0. The highest BCUT2D eigenvalue weighted by molar-refractivity contribution is 6.30. The minimum absolute atomic E-state index is 0.178. The topological polar surface area (TPSA) is 58.0 Å². The smallest absolute Gasteiger partial charge is 0.279 e. The lowest BCUT2D eigenvalue weighted by atomic mass is 10.2. The van der Waals surface area contributed by atoms with Gasteiger partial charge in [-0.25, -0.2) is 4.68 Å². The maximum Gasteiger partial charge on any atom is 0.279 e. The summed E-state index contributed by atoms with van der Waals surface area (Å²) >= 11 is 5.96. The largest absolute Gasteiger partial charge is 0.508 e.